The lowest BCUT2D eigenvalue weighted by molar-refractivity contribution is 0.326. The van der Waals surface area contributed by atoms with Gasteiger partial charge in [0.25, 0.3) is 0 Å². The van der Waals surface area contributed by atoms with Crippen LogP contribution in [0.5, 0.6) is 0 Å². The second kappa shape index (κ2) is 6.05. The topological polar surface area (TPSA) is 29.3 Å². The first-order valence-electron chi connectivity index (χ1n) is 3.59. The molecule has 0 saturated heterocycles. The molecule has 0 aromatic rings. The molecule has 0 aliphatic heterocycles. The smallest absolute Gasteiger partial charge is 0.00251 e. The van der Waals surface area contributed by atoms with Crippen LogP contribution in [0.3, 0.4) is 0 Å². The fourth-order valence-electron chi connectivity index (χ4n) is 0.739. The second-order valence-electron chi connectivity index (χ2n) is 2.01. The van der Waals surface area contributed by atoms with Crippen molar-refractivity contribution in [2.45, 2.75) is 13.8 Å². The number of rotatable bonds is 5. The first-order valence-corrected chi connectivity index (χ1v) is 3.59. The summed E-state index contributed by atoms with van der Waals surface area (Å²) in [4.78, 5) is 2.33. The summed E-state index contributed by atoms with van der Waals surface area (Å²) < 4.78 is 0. The molecule has 0 bridgehead atoms. The minimum absolute atomic E-state index is 0.691. The fourth-order valence-corrected chi connectivity index (χ4v) is 0.739. The van der Waals surface area contributed by atoms with Gasteiger partial charge in [-0.3, -0.25) is 0 Å². The van der Waals surface area contributed by atoms with Crippen LogP contribution in [0, 0.1) is 6.42 Å². The summed E-state index contributed by atoms with van der Waals surface area (Å²) >= 11 is 0. The molecule has 0 unspecified atom stereocenters. The lowest BCUT2D eigenvalue weighted by Crippen LogP contribution is -2.25. The van der Waals surface area contributed by atoms with Gasteiger partial charge in [-0.1, -0.05) is 13.8 Å². The van der Waals surface area contributed by atoms with E-state index in [-0.39, 0.29) is 0 Å². The van der Waals surface area contributed by atoms with Crippen molar-refractivity contribution in [2.24, 2.45) is 5.73 Å². The van der Waals surface area contributed by atoms with Crippen LogP contribution in [-0.2, 0) is 0 Å². The van der Waals surface area contributed by atoms with Gasteiger partial charge in [-0.2, -0.15) is 0 Å². The van der Waals surface area contributed by atoms with Crippen LogP contribution in [0.4, 0.5) is 0 Å². The summed E-state index contributed by atoms with van der Waals surface area (Å²) in [7, 11) is 0. The predicted molar refractivity (Wildman–Crippen MR) is 41.1 cm³/mol. The fraction of sp³-hybridized carbons (Fsp3) is 0.857. The Morgan fingerprint density at radius 3 is 2.22 bits per heavy atom. The maximum Gasteiger partial charge on any atom is 0.00251 e. The number of nitrogens with two attached hydrogens (primary N) is 1. The highest BCUT2D eigenvalue weighted by Crippen LogP contribution is 1.86. The Morgan fingerprint density at radius 1 is 1.33 bits per heavy atom. The van der Waals surface area contributed by atoms with Gasteiger partial charge in [0, 0.05) is 6.54 Å². The van der Waals surface area contributed by atoms with Crippen LogP contribution in [0.2, 0.25) is 0 Å². The third-order valence-corrected chi connectivity index (χ3v) is 1.45. The van der Waals surface area contributed by atoms with Crippen LogP contribution in [-0.4, -0.2) is 31.1 Å². The quantitative estimate of drug-likeness (QED) is 0.585. The van der Waals surface area contributed by atoms with Crippen molar-refractivity contribution >= 4 is 0 Å². The molecule has 0 fully saturated rings. The first kappa shape index (κ1) is 8.92. The highest BCUT2D eigenvalue weighted by molar-refractivity contribution is 4.69. The zero-order valence-electron chi connectivity index (χ0n) is 6.43. The molecule has 0 heterocycles. The molecule has 0 aromatic carbocycles. The molecule has 2 heteroatoms. The lowest BCUT2D eigenvalue weighted by Gasteiger charge is -2.16. The monoisotopic (exact) mass is 129 g/mol. The van der Waals surface area contributed by atoms with Crippen LogP contribution >= 0.6 is 0 Å². The van der Waals surface area contributed by atoms with Crippen molar-refractivity contribution in [3.8, 4) is 0 Å². The van der Waals surface area contributed by atoms with E-state index in [4.69, 9.17) is 5.73 Å². The molecule has 0 saturated carbocycles. The summed E-state index contributed by atoms with van der Waals surface area (Å²) in [5, 5.41) is 0. The number of hydrogen-bond acceptors (Lipinski definition) is 2. The van der Waals surface area contributed by atoms with Crippen molar-refractivity contribution < 1.29 is 0 Å². The van der Waals surface area contributed by atoms with Gasteiger partial charge in [-0.15, -0.1) is 0 Å². The molecule has 2 N–H and O–H groups in total. The van der Waals surface area contributed by atoms with Gasteiger partial charge in [0.1, 0.15) is 0 Å². The molecule has 0 aliphatic carbocycles. The zero-order valence-corrected chi connectivity index (χ0v) is 6.43. The van der Waals surface area contributed by atoms with Crippen molar-refractivity contribution in [1.29, 1.82) is 0 Å². The van der Waals surface area contributed by atoms with Crippen LogP contribution in [0.25, 0.3) is 0 Å². The molecular formula is C7H17N2. The van der Waals surface area contributed by atoms with Crippen LogP contribution < -0.4 is 5.73 Å². The van der Waals surface area contributed by atoms with Gasteiger partial charge in [0.15, 0.2) is 0 Å². The van der Waals surface area contributed by atoms with Crippen molar-refractivity contribution in [3.63, 3.8) is 0 Å². The highest BCUT2D eigenvalue weighted by atomic mass is 15.1. The predicted octanol–water partition coefficient (Wildman–Crippen LogP) is 0.491. The molecule has 0 aliphatic rings. The molecule has 0 spiro atoms. The Hall–Kier alpha value is -0.0800. The van der Waals surface area contributed by atoms with Gasteiger partial charge < -0.3 is 10.6 Å². The Kier molecular flexibility index (Phi) is 5.99. The molecule has 2 nitrogen and oxygen atoms in total. The molecule has 55 valence electrons. The van der Waals surface area contributed by atoms with Crippen LogP contribution in [0.1, 0.15) is 13.8 Å². The summed E-state index contributed by atoms with van der Waals surface area (Å²) in [6.07, 6.45) is 2.09. The molecule has 1 radical (unpaired) electrons. The Morgan fingerprint density at radius 2 is 1.89 bits per heavy atom. The van der Waals surface area contributed by atoms with E-state index in [1.807, 2.05) is 0 Å². The third kappa shape index (κ3) is 4.43. The number of hydrogen-bond donors (Lipinski definition) is 1. The minimum Gasteiger partial charge on any atom is -0.330 e. The van der Waals surface area contributed by atoms with Crippen molar-refractivity contribution in [1.82, 2.24) is 4.90 Å². The largest absolute Gasteiger partial charge is 0.330 e. The maximum atomic E-state index is 5.30. The number of nitrogens with zero attached hydrogens (tertiary/aromatic N) is 1. The Labute approximate surface area is 58.0 Å². The van der Waals surface area contributed by atoms with E-state index < -0.39 is 0 Å². The van der Waals surface area contributed by atoms with Gasteiger partial charge in [0.05, 0.1) is 0 Å². The molecule has 0 atom stereocenters. The summed E-state index contributed by atoms with van der Waals surface area (Å²) in [5.41, 5.74) is 5.30. The van der Waals surface area contributed by atoms with Crippen molar-refractivity contribution in [2.75, 3.05) is 26.2 Å². The molecular weight excluding hydrogens is 112 g/mol. The maximum absolute atomic E-state index is 5.30. The van der Waals surface area contributed by atoms with Gasteiger partial charge >= 0.3 is 0 Å². The molecule has 0 rings (SSSR count). The normalized spacial score (nSPS) is 10.7. The first-order chi connectivity index (χ1) is 4.35. The molecule has 0 amide bonds. The van der Waals surface area contributed by atoms with Gasteiger partial charge in [0.2, 0.25) is 0 Å². The Balaban J connectivity index is 3.09. The SMILES string of the molecule is CCN(CC)C[CH]CN. The summed E-state index contributed by atoms with van der Waals surface area (Å²) in [6, 6.07) is 0. The highest BCUT2D eigenvalue weighted by Gasteiger charge is 1.95. The molecule has 9 heavy (non-hydrogen) atoms. The van der Waals surface area contributed by atoms with Crippen LogP contribution in [0.15, 0.2) is 0 Å². The summed E-state index contributed by atoms with van der Waals surface area (Å²) in [6.45, 7) is 8.28. The zero-order chi connectivity index (χ0) is 7.11. The van der Waals surface area contributed by atoms with E-state index in [2.05, 4.69) is 25.2 Å². The van der Waals surface area contributed by atoms with Gasteiger partial charge in [-0.05, 0) is 26.1 Å². The van der Waals surface area contributed by atoms with E-state index >= 15 is 0 Å². The van der Waals surface area contributed by atoms with E-state index in [1.54, 1.807) is 0 Å². The standard InChI is InChI=1S/C7H17N2/c1-3-9(4-2)7-5-6-8/h5H,3-4,6-8H2,1-2H3. The minimum atomic E-state index is 0.691. The second-order valence-corrected chi connectivity index (χ2v) is 2.01. The van der Waals surface area contributed by atoms with Crippen molar-refractivity contribution in [3.05, 3.63) is 6.42 Å². The van der Waals surface area contributed by atoms with E-state index in [1.165, 1.54) is 0 Å². The van der Waals surface area contributed by atoms with E-state index in [0.29, 0.717) is 6.54 Å². The third-order valence-electron chi connectivity index (χ3n) is 1.45. The summed E-state index contributed by atoms with van der Waals surface area (Å²) in [5.74, 6) is 0. The lowest BCUT2D eigenvalue weighted by atomic mass is 10.4. The van der Waals surface area contributed by atoms with E-state index in [9.17, 15) is 0 Å². The average Bonchev–Trinajstić information content (AvgIpc) is 1.91. The van der Waals surface area contributed by atoms with Gasteiger partial charge in [-0.25, -0.2) is 0 Å². The average molecular weight is 129 g/mol. The Bertz CT molecular complexity index is 50.9. The van der Waals surface area contributed by atoms with E-state index in [0.717, 1.165) is 19.6 Å². The molecule has 0 aromatic heterocycles.